The first kappa shape index (κ1) is 18.0. The van der Waals surface area contributed by atoms with E-state index in [1.165, 1.54) is 23.1 Å². The molecule has 28 heavy (non-hydrogen) atoms. The van der Waals surface area contributed by atoms with Gasteiger partial charge in [-0.05, 0) is 37.1 Å². The average Bonchev–Trinajstić information content (AvgIpc) is 3.27. The van der Waals surface area contributed by atoms with Crippen molar-refractivity contribution in [3.63, 3.8) is 0 Å². The molecule has 7 heteroatoms. The van der Waals surface area contributed by atoms with Crippen molar-refractivity contribution in [2.75, 3.05) is 0 Å². The molecule has 0 unspecified atom stereocenters. The molecule has 7 nitrogen and oxygen atoms in total. The number of hydrogen-bond acceptors (Lipinski definition) is 4. The third-order valence-electron chi connectivity index (χ3n) is 5.16. The highest BCUT2D eigenvalue weighted by atomic mass is 16.4. The van der Waals surface area contributed by atoms with Crippen LogP contribution in [0.25, 0.3) is 17.4 Å². The Balaban J connectivity index is 1.55. The number of carbonyl (C=O) groups excluding carboxylic acids is 2. The number of imide groups is 1. The average molecular weight is 380 g/mol. The lowest BCUT2D eigenvalue weighted by molar-refractivity contribution is -0.124. The van der Waals surface area contributed by atoms with Crippen LogP contribution in [-0.4, -0.2) is 34.0 Å². The lowest BCUT2D eigenvalue weighted by atomic mass is 9.94. The molecule has 0 bridgehead atoms. The van der Waals surface area contributed by atoms with E-state index >= 15 is 0 Å². The lowest BCUT2D eigenvalue weighted by Crippen LogP contribution is -2.41. The predicted molar refractivity (Wildman–Crippen MR) is 101 cm³/mol. The van der Waals surface area contributed by atoms with Gasteiger partial charge < -0.3 is 14.8 Å². The number of rotatable bonds is 4. The van der Waals surface area contributed by atoms with Gasteiger partial charge in [0.1, 0.15) is 17.2 Å². The number of hydrogen-bond donors (Lipinski definition) is 2. The molecular formula is C21H20N2O5. The predicted octanol–water partition coefficient (Wildman–Crippen LogP) is 3.87. The fourth-order valence-electron chi connectivity index (χ4n) is 3.75. The van der Waals surface area contributed by atoms with Gasteiger partial charge in [-0.1, -0.05) is 31.4 Å². The number of carboxylic acids is 1. The number of urea groups is 1. The van der Waals surface area contributed by atoms with Gasteiger partial charge in [-0.3, -0.25) is 9.69 Å². The Bertz CT molecular complexity index is 969. The smallest absolute Gasteiger partial charge is 0.335 e. The highest BCUT2D eigenvalue weighted by molar-refractivity contribution is 6.14. The summed E-state index contributed by atoms with van der Waals surface area (Å²) in [6.07, 6.45) is 6.39. The zero-order valence-electron chi connectivity index (χ0n) is 15.2. The van der Waals surface area contributed by atoms with E-state index in [9.17, 15) is 14.4 Å². The van der Waals surface area contributed by atoms with Crippen molar-refractivity contribution in [3.05, 3.63) is 53.4 Å². The third kappa shape index (κ3) is 3.43. The SMILES string of the molecule is O=C(O)c1cccc(-c2ccc(/C=C3\NC(=O)N(C4CCCCC4)C3=O)o2)c1. The molecule has 144 valence electrons. The molecule has 2 heterocycles. The number of carbonyl (C=O) groups is 3. The molecule has 1 aromatic heterocycles. The summed E-state index contributed by atoms with van der Waals surface area (Å²) in [5, 5.41) is 11.7. The fourth-order valence-corrected chi connectivity index (χ4v) is 3.75. The molecule has 1 aromatic carbocycles. The van der Waals surface area contributed by atoms with Gasteiger partial charge in [0.2, 0.25) is 0 Å². The minimum absolute atomic E-state index is 0.0435. The normalized spacial score (nSPS) is 19.3. The Morgan fingerprint density at radius 1 is 1.14 bits per heavy atom. The first-order valence-electron chi connectivity index (χ1n) is 9.33. The van der Waals surface area contributed by atoms with Gasteiger partial charge in [-0.2, -0.15) is 0 Å². The molecule has 1 saturated carbocycles. The van der Waals surface area contributed by atoms with Crippen LogP contribution >= 0.6 is 0 Å². The zero-order valence-corrected chi connectivity index (χ0v) is 15.2. The van der Waals surface area contributed by atoms with Crippen molar-refractivity contribution >= 4 is 24.0 Å². The van der Waals surface area contributed by atoms with Crippen LogP contribution in [-0.2, 0) is 4.79 Å². The number of furan rings is 1. The Labute approximate surface area is 161 Å². The maximum absolute atomic E-state index is 12.7. The van der Waals surface area contributed by atoms with E-state index in [0.717, 1.165) is 32.1 Å². The molecule has 0 spiro atoms. The zero-order chi connectivity index (χ0) is 19.7. The molecule has 2 aliphatic rings. The van der Waals surface area contributed by atoms with Gasteiger partial charge in [-0.25, -0.2) is 9.59 Å². The summed E-state index contributed by atoms with van der Waals surface area (Å²) < 4.78 is 5.74. The molecule has 1 aliphatic heterocycles. The van der Waals surface area contributed by atoms with Crippen LogP contribution in [0, 0.1) is 0 Å². The molecule has 4 rings (SSSR count). The monoisotopic (exact) mass is 380 g/mol. The van der Waals surface area contributed by atoms with Crippen molar-refractivity contribution in [2.45, 2.75) is 38.1 Å². The van der Waals surface area contributed by atoms with Crippen LogP contribution in [0.4, 0.5) is 4.79 Å². The summed E-state index contributed by atoms with van der Waals surface area (Å²) in [4.78, 5) is 37.4. The number of nitrogens with zero attached hydrogens (tertiary/aromatic N) is 1. The van der Waals surface area contributed by atoms with E-state index in [1.54, 1.807) is 24.3 Å². The largest absolute Gasteiger partial charge is 0.478 e. The number of aromatic carboxylic acids is 1. The van der Waals surface area contributed by atoms with E-state index in [4.69, 9.17) is 9.52 Å². The van der Waals surface area contributed by atoms with E-state index in [0.29, 0.717) is 17.1 Å². The molecule has 0 atom stereocenters. The van der Waals surface area contributed by atoms with Gasteiger partial charge in [0.25, 0.3) is 5.91 Å². The van der Waals surface area contributed by atoms with Crippen LogP contribution in [0.1, 0.15) is 48.2 Å². The van der Waals surface area contributed by atoms with E-state index < -0.39 is 5.97 Å². The Morgan fingerprint density at radius 3 is 2.68 bits per heavy atom. The number of benzene rings is 1. The Morgan fingerprint density at radius 2 is 1.93 bits per heavy atom. The summed E-state index contributed by atoms with van der Waals surface area (Å²) in [6, 6.07) is 9.36. The standard InChI is InChI=1S/C21H20N2O5/c24-19-17(22-21(27)23(19)15-7-2-1-3-8-15)12-16-9-10-18(28-16)13-5-4-6-14(11-13)20(25)26/h4-6,9-12,15H,1-3,7-8H2,(H,22,27)(H,25,26)/b17-12-. The molecule has 2 fully saturated rings. The first-order chi connectivity index (χ1) is 13.5. The van der Waals surface area contributed by atoms with Crippen LogP contribution < -0.4 is 5.32 Å². The van der Waals surface area contributed by atoms with Gasteiger partial charge in [0.15, 0.2) is 0 Å². The molecule has 1 saturated heterocycles. The van der Waals surface area contributed by atoms with Crippen LogP contribution in [0.2, 0.25) is 0 Å². The Kier molecular flexibility index (Phi) is 4.73. The van der Waals surface area contributed by atoms with E-state index in [1.807, 2.05) is 0 Å². The number of nitrogens with one attached hydrogen (secondary N) is 1. The number of carboxylic acid groups (broad SMARTS) is 1. The summed E-state index contributed by atoms with van der Waals surface area (Å²) >= 11 is 0. The van der Waals surface area contributed by atoms with E-state index in [-0.39, 0.29) is 29.2 Å². The lowest BCUT2D eigenvalue weighted by Gasteiger charge is -2.28. The van der Waals surface area contributed by atoms with Crippen LogP contribution in [0.5, 0.6) is 0 Å². The maximum atomic E-state index is 12.7. The number of amides is 3. The highest BCUT2D eigenvalue weighted by Crippen LogP contribution is 2.28. The molecule has 1 aliphatic carbocycles. The van der Waals surface area contributed by atoms with Crippen molar-refractivity contribution in [1.82, 2.24) is 10.2 Å². The fraction of sp³-hybridized carbons (Fsp3) is 0.286. The second-order valence-electron chi connectivity index (χ2n) is 7.04. The minimum atomic E-state index is -1.02. The highest BCUT2D eigenvalue weighted by Gasteiger charge is 2.39. The topological polar surface area (TPSA) is 99.9 Å². The first-order valence-corrected chi connectivity index (χ1v) is 9.33. The van der Waals surface area contributed by atoms with Crippen molar-refractivity contribution in [3.8, 4) is 11.3 Å². The molecule has 0 radical (unpaired) electrons. The van der Waals surface area contributed by atoms with Crippen LogP contribution in [0.3, 0.4) is 0 Å². The second-order valence-corrected chi connectivity index (χ2v) is 7.04. The Hall–Kier alpha value is -3.35. The van der Waals surface area contributed by atoms with Gasteiger partial charge in [-0.15, -0.1) is 0 Å². The van der Waals surface area contributed by atoms with Crippen LogP contribution in [0.15, 0.2) is 46.5 Å². The third-order valence-corrected chi connectivity index (χ3v) is 5.16. The summed E-state index contributed by atoms with van der Waals surface area (Å²) in [5.74, 6) is -0.457. The van der Waals surface area contributed by atoms with Crippen molar-refractivity contribution < 1.29 is 23.9 Å². The summed E-state index contributed by atoms with van der Waals surface area (Å²) in [6.45, 7) is 0. The molecule has 2 N–H and O–H groups in total. The quantitative estimate of drug-likeness (QED) is 0.619. The van der Waals surface area contributed by atoms with E-state index in [2.05, 4.69) is 5.32 Å². The second kappa shape index (κ2) is 7.34. The minimum Gasteiger partial charge on any atom is -0.478 e. The summed E-state index contributed by atoms with van der Waals surface area (Å²) in [7, 11) is 0. The maximum Gasteiger partial charge on any atom is 0.335 e. The van der Waals surface area contributed by atoms with Crippen molar-refractivity contribution in [2.24, 2.45) is 0 Å². The van der Waals surface area contributed by atoms with Gasteiger partial charge >= 0.3 is 12.0 Å². The molecular weight excluding hydrogens is 360 g/mol. The van der Waals surface area contributed by atoms with Gasteiger partial charge in [0, 0.05) is 17.7 Å². The molecule has 3 amide bonds. The molecule has 2 aromatic rings. The summed E-state index contributed by atoms with van der Waals surface area (Å²) in [5.41, 5.74) is 0.973. The van der Waals surface area contributed by atoms with Crippen molar-refractivity contribution in [1.29, 1.82) is 0 Å². The van der Waals surface area contributed by atoms with Gasteiger partial charge in [0.05, 0.1) is 5.56 Å².